The Morgan fingerprint density at radius 1 is 1.30 bits per heavy atom. The van der Waals surface area contributed by atoms with E-state index >= 15 is 0 Å². The van der Waals surface area contributed by atoms with Crippen molar-refractivity contribution in [1.82, 2.24) is 9.97 Å². The number of aromatic nitrogens is 2. The Hall–Kier alpha value is -2.35. The molecule has 0 saturated carbocycles. The number of nitrogens with one attached hydrogen (secondary N) is 1. The topological polar surface area (TPSA) is 64.1 Å². The number of halogens is 4. The molecule has 2 aromatic heterocycles. The van der Waals surface area contributed by atoms with Gasteiger partial charge in [-0.25, -0.2) is 9.78 Å². The predicted molar refractivity (Wildman–Crippen MR) is 77.2 cm³/mol. The average molecular weight is 346 g/mol. The van der Waals surface area contributed by atoms with E-state index < -0.39 is 17.8 Å². The van der Waals surface area contributed by atoms with E-state index in [1.54, 1.807) is 0 Å². The zero-order valence-electron chi connectivity index (χ0n) is 11.8. The molecule has 0 aromatic carbocycles. The van der Waals surface area contributed by atoms with Crippen LogP contribution < -0.4 is 5.32 Å². The van der Waals surface area contributed by atoms with Gasteiger partial charge >= 0.3 is 12.1 Å². The van der Waals surface area contributed by atoms with E-state index in [1.165, 1.54) is 25.4 Å². The summed E-state index contributed by atoms with van der Waals surface area (Å²) in [5.74, 6) is -0.422. The molecule has 0 fully saturated rings. The first-order valence-electron chi connectivity index (χ1n) is 6.31. The minimum atomic E-state index is -4.48. The summed E-state index contributed by atoms with van der Waals surface area (Å²) in [6, 6.07) is 3.55. The molecule has 23 heavy (non-hydrogen) atoms. The van der Waals surface area contributed by atoms with Gasteiger partial charge in [0.15, 0.2) is 0 Å². The molecule has 0 saturated heterocycles. The number of esters is 1. The Labute approximate surface area is 134 Å². The Bertz CT molecular complexity index is 705. The zero-order valence-corrected chi connectivity index (χ0v) is 12.6. The Morgan fingerprint density at radius 2 is 2.04 bits per heavy atom. The van der Waals surface area contributed by atoms with Gasteiger partial charge in [0, 0.05) is 18.9 Å². The molecule has 0 bridgehead atoms. The molecule has 0 radical (unpaired) electrons. The molecule has 0 spiro atoms. The summed E-state index contributed by atoms with van der Waals surface area (Å²) in [4.78, 5) is 19.0. The summed E-state index contributed by atoms with van der Waals surface area (Å²) in [6.45, 7) is 0.129. The third kappa shape index (κ3) is 4.32. The summed E-state index contributed by atoms with van der Waals surface area (Å²) in [7, 11) is 1.22. The largest absolute Gasteiger partial charge is 0.465 e. The van der Waals surface area contributed by atoms with Gasteiger partial charge in [0.05, 0.1) is 12.1 Å². The predicted octanol–water partition coefficient (Wildman–Crippen LogP) is 3.55. The van der Waals surface area contributed by atoms with Gasteiger partial charge in [-0.15, -0.1) is 0 Å². The number of hydrogen-bond donors (Lipinski definition) is 1. The third-order valence-electron chi connectivity index (χ3n) is 2.83. The molecule has 9 heteroatoms. The average Bonchev–Trinajstić information content (AvgIpc) is 2.52. The summed E-state index contributed by atoms with van der Waals surface area (Å²) in [5.41, 5.74) is -0.355. The molecule has 0 atom stereocenters. The number of carbonyl (C=O) groups is 1. The fourth-order valence-corrected chi connectivity index (χ4v) is 1.89. The second-order valence-electron chi connectivity index (χ2n) is 4.44. The van der Waals surface area contributed by atoms with Gasteiger partial charge in [0.1, 0.15) is 17.1 Å². The van der Waals surface area contributed by atoms with Crippen molar-refractivity contribution in [2.24, 2.45) is 0 Å². The van der Waals surface area contributed by atoms with Gasteiger partial charge in [-0.05, 0) is 17.7 Å². The molecule has 0 amide bonds. The summed E-state index contributed by atoms with van der Waals surface area (Å²) < 4.78 is 41.9. The van der Waals surface area contributed by atoms with Crippen LogP contribution in [-0.2, 0) is 17.5 Å². The van der Waals surface area contributed by atoms with Crippen molar-refractivity contribution < 1.29 is 22.7 Å². The second-order valence-corrected chi connectivity index (χ2v) is 4.88. The van der Waals surface area contributed by atoms with Crippen molar-refractivity contribution in [3.8, 4) is 0 Å². The third-order valence-corrected chi connectivity index (χ3v) is 3.04. The number of alkyl halides is 3. The Morgan fingerprint density at radius 3 is 2.61 bits per heavy atom. The number of nitrogens with zero attached hydrogens (tertiary/aromatic N) is 2. The maximum absolute atomic E-state index is 12.4. The number of methoxy groups -OCH3 is 1. The number of carbonyl (C=O) groups excluding carboxylic acids is 1. The molecule has 1 N–H and O–H groups in total. The van der Waals surface area contributed by atoms with Crippen LogP contribution in [0.3, 0.4) is 0 Å². The van der Waals surface area contributed by atoms with Crippen molar-refractivity contribution in [1.29, 1.82) is 0 Å². The van der Waals surface area contributed by atoms with Crippen LogP contribution in [-0.4, -0.2) is 23.0 Å². The monoisotopic (exact) mass is 345 g/mol. The highest BCUT2D eigenvalue weighted by molar-refractivity contribution is 6.30. The van der Waals surface area contributed by atoms with Crippen molar-refractivity contribution in [3.05, 3.63) is 52.4 Å². The van der Waals surface area contributed by atoms with Crippen molar-refractivity contribution in [3.63, 3.8) is 0 Å². The fourth-order valence-electron chi connectivity index (χ4n) is 1.73. The molecule has 2 heterocycles. The van der Waals surface area contributed by atoms with Gasteiger partial charge in [-0.1, -0.05) is 17.7 Å². The minimum absolute atomic E-state index is 0.125. The molecule has 0 aliphatic carbocycles. The van der Waals surface area contributed by atoms with Crippen molar-refractivity contribution in [2.45, 2.75) is 12.7 Å². The first kappa shape index (κ1) is 17.0. The highest BCUT2D eigenvalue weighted by atomic mass is 35.5. The van der Waals surface area contributed by atoms with Crippen LogP contribution in [0.15, 0.2) is 30.6 Å². The van der Waals surface area contributed by atoms with E-state index in [4.69, 9.17) is 11.6 Å². The van der Waals surface area contributed by atoms with E-state index in [2.05, 4.69) is 20.0 Å². The summed E-state index contributed by atoms with van der Waals surface area (Å²) in [5, 5.41) is 3.09. The maximum atomic E-state index is 12.4. The first-order valence-corrected chi connectivity index (χ1v) is 6.69. The Balaban J connectivity index is 2.13. The van der Waals surface area contributed by atoms with Gasteiger partial charge in [-0.3, -0.25) is 4.98 Å². The lowest BCUT2D eigenvalue weighted by Gasteiger charge is -2.11. The quantitative estimate of drug-likeness (QED) is 0.859. The van der Waals surface area contributed by atoms with Crippen molar-refractivity contribution >= 4 is 23.4 Å². The van der Waals surface area contributed by atoms with Crippen molar-refractivity contribution in [2.75, 3.05) is 12.4 Å². The van der Waals surface area contributed by atoms with Crippen LogP contribution in [0.4, 0.5) is 19.0 Å². The van der Waals surface area contributed by atoms with Crippen LogP contribution in [0.25, 0.3) is 0 Å². The smallest absolute Gasteiger partial charge is 0.433 e. The number of anilines is 1. The lowest BCUT2D eigenvalue weighted by molar-refractivity contribution is -0.141. The molecular weight excluding hydrogens is 335 g/mol. The first-order chi connectivity index (χ1) is 10.8. The zero-order chi connectivity index (χ0) is 17.0. The van der Waals surface area contributed by atoms with E-state index in [-0.39, 0.29) is 22.9 Å². The number of pyridine rings is 2. The maximum Gasteiger partial charge on any atom is 0.433 e. The summed E-state index contributed by atoms with van der Waals surface area (Å²) >= 11 is 5.78. The van der Waals surface area contributed by atoms with Crippen LogP contribution >= 0.6 is 11.6 Å². The van der Waals surface area contributed by atoms with Gasteiger partial charge < -0.3 is 10.1 Å². The van der Waals surface area contributed by atoms with E-state index in [9.17, 15) is 18.0 Å². The minimum Gasteiger partial charge on any atom is -0.465 e. The van der Waals surface area contributed by atoms with E-state index in [0.29, 0.717) is 5.56 Å². The van der Waals surface area contributed by atoms with E-state index in [1.807, 2.05) is 0 Å². The van der Waals surface area contributed by atoms with Crippen LogP contribution in [0.5, 0.6) is 0 Å². The van der Waals surface area contributed by atoms with E-state index in [0.717, 1.165) is 12.3 Å². The van der Waals surface area contributed by atoms with Gasteiger partial charge in [-0.2, -0.15) is 13.2 Å². The van der Waals surface area contributed by atoms with Gasteiger partial charge in [0.25, 0.3) is 0 Å². The number of ether oxygens (including phenoxy) is 1. The van der Waals surface area contributed by atoms with Crippen LogP contribution in [0.2, 0.25) is 5.02 Å². The summed E-state index contributed by atoms with van der Waals surface area (Å²) in [6.07, 6.45) is -2.05. The van der Waals surface area contributed by atoms with Gasteiger partial charge in [0.2, 0.25) is 0 Å². The highest BCUT2D eigenvalue weighted by Crippen LogP contribution is 2.27. The number of hydrogen-bond acceptors (Lipinski definition) is 5. The standard InChI is InChI=1S/C14H11ClF3N3O2/c1-23-13(22)10-4-9(15)7-21-12(10)20-6-8-2-3-11(19-5-8)14(16,17)18/h2-5,7H,6H2,1H3,(H,20,21). The fraction of sp³-hybridized carbons (Fsp3) is 0.214. The molecule has 5 nitrogen and oxygen atoms in total. The molecule has 0 aliphatic heterocycles. The lowest BCUT2D eigenvalue weighted by Crippen LogP contribution is -2.11. The molecule has 2 aromatic rings. The lowest BCUT2D eigenvalue weighted by atomic mass is 10.2. The molecule has 0 unspecified atom stereocenters. The Kier molecular flexibility index (Phi) is 5.05. The van der Waals surface area contributed by atoms with Crippen LogP contribution in [0, 0.1) is 0 Å². The number of rotatable bonds is 4. The highest BCUT2D eigenvalue weighted by Gasteiger charge is 2.31. The molecular formula is C14H11ClF3N3O2. The normalized spacial score (nSPS) is 11.2. The molecule has 2 rings (SSSR count). The SMILES string of the molecule is COC(=O)c1cc(Cl)cnc1NCc1ccc(C(F)(F)F)nc1. The molecule has 0 aliphatic rings. The van der Waals surface area contributed by atoms with Crippen LogP contribution in [0.1, 0.15) is 21.6 Å². The second kappa shape index (κ2) is 6.82. The molecule has 122 valence electrons.